The first-order chi connectivity index (χ1) is 10.1. The van der Waals surface area contributed by atoms with Crippen LogP contribution in [0.25, 0.3) is 0 Å². The first-order valence-electron chi connectivity index (χ1n) is 8.19. The van der Waals surface area contributed by atoms with Crippen LogP contribution in [-0.4, -0.2) is 49.0 Å². The molecule has 0 unspecified atom stereocenters. The molecule has 139 valence electrons. The zero-order valence-electron chi connectivity index (χ0n) is 16.2. The van der Waals surface area contributed by atoms with Gasteiger partial charge in [0.2, 0.25) is 0 Å². The van der Waals surface area contributed by atoms with Crippen molar-refractivity contribution in [1.82, 2.24) is 0 Å². The molecule has 0 spiro atoms. The van der Waals surface area contributed by atoms with Gasteiger partial charge in [0.05, 0.1) is 11.1 Å². The Bertz CT molecular complexity index is 322. The third-order valence-electron chi connectivity index (χ3n) is 1.97. The van der Waals surface area contributed by atoms with Crippen molar-refractivity contribution in [3.05, 3.63) is 0 Å². The van der Waals surface area contributed by atoms with Crippen molar-refractivity contribution >= 4 is 24.9 Å². The van der Waals surface area contributed by atoms with Crippen LogP contribution in [0.1, 0.15) is 68.2 Å². The first kappa shape index (κ1) is 27.1. The van der Waals surface area contributed by atoms with Gasteiger partial charge in [0.1, 0.15) is 0 Å². The van der Waals surface area contributed by atoms with Crippen LogP contribution in [0.2, 0.25) is 0 Å². The van der Waals surface area contributed by atoms with Gasteiger partial charge in [-0.25, -0.2) is 0 Å². The molecule has 0 heterocycles. The fraction of sp³-hybridized carbons (Fsp3) is 0.778. The van der Waals surface area contributed by atoms with E-state index in [1.165, 1.54) is 0 Å². The monoisotopic (exact) mass is 371 g/mol. The average molecular weight is 372 g/mol. The molecule has 4 nitrogen and oxygen atoms in total. The maximum Gasteiger partial charge on any atom is 0.0524 e. The van der Waals surface area contributed by atoms with E-state index in [1.807, 2.05) is 0 Å². The summed E-state index contributed by atoms with van der Waals surface area (Å²) in [6, 6.07) is 0. The van der Waals surface area contributed by atoms with E-state index in [1.54, 1.807) is 24.9 Å². The van der Waals surface area contributed by atoms with E-state index in [-0.39, 0.29) is 28.1 Å². The van der Waals surface area contributed by atoms with E-state index in [0.29, 0.717) is 0 Å². The molecule has 0 fully saturated rings. The number of rotatable bonds is 6. The minimum atomic E-state index is 0. The summed E-state index contributed by atoms with van der Waals surface area (Å²) in [5.74, 6) is 0. The number of nitrogens with zero attached hydrogens (tertiary/aromatic N) is 4. The molecule has 0 aromatic carbocycles. The van der Waals surface area contributed by atoms with Crippen LogP contribution in [0.15, 0.2) is 20.0 Å². The molecule has 0 aromatic rings. The molecular weight excluding hydrogens is 336 g/mol. The van der Waals surface area contributed by atoms with Crippen LogP contribution in [0.4, 0.5) is 0 Å². The molecular formula is C18H36CuN4. The van der Waals surface area contributed by atoms with Crippen molar-refractivity contribution in [3.8, 4) is 0 Å². The summed E-state index contributed by atoms with van der Waals surface area (Å²) in [6.45, 7) is 18.4. The topological polar surface area (TPSA) is 49.4 Å². The molecule has 0 aliphatic heterocycles. The Morgan fingerprint density at radius 3 is 1.13 bits per heavy atom. The predicted molar refractivity (Wildman–Crippen MR) is 104 cm³/mol. The van der Waals surface area contributed by atoms with E-state index >= 15 is 0 Å². The zero-order chi connectivity index (χ0) is 17.5. The molecule has 0 amide bonds. The van der Waals surface area contributed by atoms with Crippen molar-refractivity contribution in [1.29, 1.82) is 0 Å². The van der Waals surface area contributed by atoms with Gasteiger partial charge in [0.25, 0.3) is 0 Å². The summed E-state index contributed by atoms with van der Waals surface area (Å²) in [5.41, 5.74) is 0.00775. The molecule has 0 aromatic heterocycles. The van der Waals surface area contributed by atoms with Gasteiger partial charge in [-0.1, -0.05) is 13.8 Å². The molecule has 0 aliphatic carbocycles. The van der Waals surface area contributed by atoms with E-state index in [0.717, 1.165) is 25.9 Å². The van der Waals surface area contributed by atoms with Crippen LogP contribution >= 0.6 is 0 Å². The van der Waals surface area contributed by atoms with Crippen molar-refractivity contribution in [2.24, 2.45) is 20.0 Å². The molecule has 23 heavy (non-hydrogen) atoms. The van der Waals surface area contributed by atoms with Gasteiger partial charge in [-0.15, -0.1) is 0 Å². The fourth-order valence-corrected chi connectivity index (χ4v) is 1.02. The van der Waals surface area contributed by atoms with Gasteiger partial charge in [-0.05, 0) is 54.4 Å². The van der Waals surface area contributed by atoms with Crippen molar-refractivity contribution in [2.75, 3.05) is 13.1 Å². The molecule has 0 rings (SSSR count). The third-order valence-corrected chi connectivity index (χ3v) is 1.97. The summed E-state index contributed by atoms with van der Waals surface area (Å²) in [7, 11) is 0. The summed E-state index contributed by atoms with van der Waals surface area (Å²) in [6.07, 6.45) is 9.31. The molecule has 1 radical (unpaired) electrons. The standard InChI is InChI=1S/C10H20N2.C8H16N2.Cu/c1-9(2,3)11-7-8-12-10(4,5)6;1-3-5-9-7-8-10-6-4-2;/h7-8H,1-6H3;7-8H,3-6H2,1-2H3;. The maximum absolute atomic E-state index is 4.29. The van der Waals surface area contributed by atoms with Gasteiger partial charge in [-0.3, -0.25) is 20.0 Å². The second-order valence-corrected chi connectivity index (χ2v) is 7.01. The van der Waals surface area contributed by atoms with Crippen LogP contribution in [0, 0.1) is 0 Å². The minimum Gasteiger partial charge on any atom is -0.292 e. The Balaban J connectivity index is -0.000000338. The summed E-state index contributed by atoms with van der Waals surface area (Å²) < 4.78 is 0. The van der Waals surface area contributed by atoms with E-state index in [4.69, 9.17) is 0 Å². The molecule has 5 heteroatoms. The zero-order valence-corrected chi connectivity index (χ0v) is 17.2. The quantitative estimate of drug-likeness (QED) is 0.481. The molecule has 0 saturated carbocycles. The minimum absolute atomic E-state index is 0. The Morgan fingerprint density at radius 1 is 0.609 bits per heavy atom. The number of aliphatic imine (C=N–C) groups is 4. The molecule has 0 bridgehead atoms. The Labute approximate surface area is 154 Å². The molecule has 0 saturated heterocycles. The SMILES string of the molecule is CC(C)(C)N=CC=NC(C)(C)C.CCCN=CC=NCCC.[Cu]. The van der Waals surface area contributed by atoms with Gasteiger partial charge >= 0.3 is 0 Å². The van der Waals surface area contributed by atoms with Crippen LogP contribution in [0.3, 0.4) is 0 Å². The summed E-state index contributed by atoms with van der Waals surface area (Å²) in [5, 5.41) is 0. The normalized spacial score (nSPS) is 12.9. The Hall–Kier alpha value is -0.801. The summed E-state index contributed by atoms with van der Waals surface area (Å²) in [4.78, 5) is 16.7. The van der Waals surface area contributed by atoms with E-state index < -0.39 is 0 Å². The van der Waals surface area contributed by atoms with Crippen molar-refractivity contribution < 1.29 is 17.1 Å². The second-order valence-electron chi connectivity index (χ2n) is 7.01. The maximum atomic E-state index is 4.29. The predicted octanol–water partition coefficient (Wildman–Crippen LogP) is 4.67. The average Bonchev–Trinajstić information content (AvgIpc) is 2.38. The molecule has 0 atom stereocenters. The van der Waals surface area contributed by atoms with Crippen LogP contribution in [0.5, 0.6) is 0 Å². The van der Waals surface area contributed by atoms with Crippen molar-refractivity contribution in [3.63, 3.8) is 0 Å². The van der Waals surface area contributed by atoms with Gasteiger partial charge in [0, 0.05) is 55.0 Å². The van der Waals surface area contributed by atoms with Gasteiger partial charge in [0.15, 0.2) is 0 Å². The molecule has 0 aliphatic rings. The Kier molecular flexibility index (Phi) is 18.9. The Morgan fingerprint density at radius 2 is 0.913 bits per heavy atom. The van der Waals surface area contributed by atoms with Crippen molar-refractivity contribution in [2.45, 2.75) is 79.3 Å². The fourth-order valence-electron chi connectivity index (χ4n) is 1.02. The molecule has 0 N–H and O–H groups in total. The van der Waals surface area contributed by atoms with Gasteiger partial charge < -0.3 is 0 Å². The first-order valence-corrected chi connectivity index (χ1v) is 8.19. The van der Waals surface area contributed by atoms with E-state index in [2.05, 4.69) is 75.4 Å². The van der Waals surface area contributed by atoms with Crippen LogP contribution in [-0.2, 0) is 17.1 Å². The smallest absolute Gasteiger partial charge is 0.0524 e. The van der Waals surface area contributed by atoms with Crippen LogP contribution < -0.4 is 0 Å². The summed E-state index contributed by atoms with van der Waals surface area (Å²) >= 11 is 0. The number of hydrogen-bond donors (Lipinski definition) is 0. The largest absolute Gasteiger partial charge is 0.292 e. The van der Waals surface area contributed by atoms with Gasteiger partial charge in [-0.2, -0.15) is 0 Å². The number of hydrogen-bond acceptors (Lipinski definition) is 4. The second kappa shape index (κ2) is 16.1. The van der Waals surface area contributed by atoms with E-state index in [9.17, 15) is 0 Å². The third kappa shape index (κ3) is 33.8.